The van der Waals surface area contributed by atoms with Crippen molar-refractivity contribution in [1.29, 1.82) is 0 Å². The molecule has 0 radical (unpaired) electrons. The highest BCUT2D eigenvalue weighted by Crippen LogP contribution is 2.31. The topological polar surface area (TPSA) is 66.4 Å². The molecule has 0 heterocycles. The van der Waals surface area contributed by atoms with Crippen molar-refractivity contribution in [2.45, 2.75) is 38.0 Å². The van der Waals surface area contributed by atoms with Gasteiger partial charge in [0.2, 0.25) is 5.91 Å². The summed E-state index contributed by atoms with van der Waals surface area (Å²) in [5.41, 5.74) is -0.269. The number of carboxylic acids is 1. The highest BCUT2D eigenvalue weighted by atomic mass is 32.2. The van der Waals surface area contributed by atoms with E-state index in [9.17, 15) is 14.7 Å². The van der Waals surface area contributed by atoms with Crippen molar-refractivity contribution in [3.63, 3.8) is 0 Å². The molecule has 0 aliphatic carbocycles. The zero-order chi connectivity index (χ0) is 15.2. The van der Waals surface area contributed by atoms with Crippen molar-refractivity contribution in [2.75, 3.05) is 11.6 Å². The van der Waals surface area contributed by atoms with Crippen LogP contribution in [0.1, 0.15) is 33.1 Å². The number of carboxylic acid groups (broad SMARTS) is 1. The minimum atomic E-state index is -0.971. The van der Waals surface area contributed by atoms with Gasteiger partial charge in [-0.1, -0.05) is 19.9 Å². The predicted octanol–water partition coefficient (Wildman–Crippen LogP) is 3.63. The molecule has 0 atom stereocenters. The molecule has 1 amide bonds. The van der Waals surface area contributed by atoms with E-state index in [0.717, 1.165) is 4.90 Å². The molecule has 0 aliphatic heterocycles. The molecule has 0 aromatic heterocycles. The number of aliphatic carboxylic acids is 1. The standard InChI is InChI=1S/C15H21NO3S/c1-4-15(5-2,14(18)19)10-13(17)16-11-7-6-8-12(9-11)20-3/h6-9H,4-5,10H2,1-3H3,(H,16,17)(H,18,19). The van der Waals surface area contributed by atoms with E-state index in [-0.39, 0.29) is 12.3 Å². The minimum Gasteiger partial charge on any atom is -0.481 e. The Hall–Kier alpha value is -1.49. The van der Waals surface area contributed by atoms with Gasteiger partial charge in [0.05, 0.1) is 5.41 Å². The molecular formula is C15H21NO3S. The number of thioether (sulfide) groups is 1. The van der Waals surface area contributed by atoms with E-state index in [1.807, 2.05) is 24.5 Å². The van der Waals surface area contributed by atoms with Crippen LogP contribution >= 0.6 is 11.8 Å². The Morgan fingerprint density at radius 1 is 1.30 bits per heavy atom. The Morgan fingerprint density at radius 2 is 1.95 bits per heavy atom. The van der Waals surface area contributed by atoms with Gasteiger partial charge < -0.3 is 10.4 Å². The summed E-state index contributed by atoms with van der Waals surface area (Å²) in [6.07, 6.45) is 2.84. The first-order chi connectivity index (χ1) is 9.47. The average molecular weight is 295 g/mol. The summed E-state index contributed by atoms with van der Waals surface area (Å²) in [4.78, 5) is 24.5. The maximum absolute atomic E-state index is 12.1. The molecule has 5 heteroatoms. The normalized spacial score (nSPS) is 11.2. The van der Waals surface area contributed by atoms with Crippen LogP contribution in [0.2, 0.25) is 0 Å². The Balaban J connectivity index is 2.78. The molecule has 0 fully saturated rings. The zero-order valence-corrected chi connectivity index (χ0v) is 12.9. The van der Waals surface area contributed by atoms with Crippen molar-refractivity contribution in [1.82, 2.24) is 0 Å². The summed E-state index contributed by atoms with van der Waals surface area (Å²) >= 11 is 1.59. The SMILES string of the molecule is CCC(CC)(CC(=O)Nc1cccc(SC)c1)C(=O)O. The second kappa shape index (κ2) is 7.33. The lowest BCUT2D eigenvalue weighted by atomic mass is 9.79. The van der Waals surface area contributed by atoms with Gasteiger partial charge in [-0.3, -0.25) is 9.59 Å². The number of nitrogens with one attached hydrogen (secondary N) is 1. The summed E-state index contributed by atoms with van der Waals surface area (Å²) in [7, 11) is 0. The maximum Gasteiger partial charge on any atom is 0.310 e. The summed E-state index contributed by atoms with van der Waals surface area (Å²) < 4.78 is 0. The van der Waals surface area contributed by atoms with Gasteiger partial charge in [0.25, 0.3) is 0 Å². The van der Waals surface area contributed by atoms with Crippen LogP contribution in [0.5, 0.6) is 0 Å². The van der Waals surface area contributed by atoms with Crippen LogP contribution in [0.25, 0.3) is 0 Å². The first kappa shape index (κ1) is 16.6. The molecule has 4 nitrogen and oxygen atoms in total. The van der Waals surface area contributed by atoms with E-state index >= 15 is 0 Å². The monoisotopic (exact) mass is 295 g/mol. The minimum absolute atomic E-state index is 0.00116. The molecule has 0 saturated carbocycles. The smallest absolute Gasteiger partial charge is 0.310 e. The van der Waals surface area contributed by atoms with Gasteiger partial charge in [0.1, 0.15) is 0 Å². The van der Waals surface area contributed by atoms with Gasteiger partial charge in [-0.05, 0) is 37.3 Å². The Kier molecular flexibility index (Phi) is 6.07. The van der Waals surface area contributed by atoms with Gasteiger partial charge in [0.15, 0.2) is 0 Å². The van der Waals surface area contributed by atoms with Crippen LogP contribution in [0.15, 0.2) is 29.2 Å². The lowest BCUT2D eigenvalue weighted by molar-refractivity contribution is -0.151. The molecule has 0 bridgehead atoms. The van der Waals surface area contributed by atoms with Crippen molar-refractivity contribution in [3.8, 4) is 0 Å². The van der Waals surface area contributed by atoms with Crippen LogP contribution in [-0.2, 0) is 9.59 Å². The Labute approximate surface area is 124 Å². The first-order valence-electron chi connectivity index (χ1n) is 6.64. The highest BCUT2D eigenvalue weighted by Gasteiger charge is 2.37. The third-order valence-corrected chi connectivity index (χ3v) is 4.39. The lowest BCUT2D eigenvalue weighted by Crippen LogP contribution is -2.34. The van der Waals surface area contributed by atoms with E-state index in [1.165, 1.54) is 0 Å². The highest BCUT2D eigenvalue weighted by molar-refractivity contribution is 7.98. The summed E-state index contributed by atoms with van der Waals surface area (Å²) in [5, 5.41) is 12.1. The van der Waals surface area contributed by atoms with Crippen LogP contribution < -0.4 is 5.32 Å². The van der Waals surface area contributed by atoms with Crippen molar-refractivity contribution >= 4 is 29.3 Å². The van der Waals surface area contributed by atoms with Gasteiger partial charge in [-0.2, -0.15) is 0 Å². The molecule has 1 aromatic rings. The number of carbonyl (C=O) groups is 2. The number of hydrogen-bond acceptors (Lipinski definition) is 3. The third-order valence-electron chi connectivity index (χ3n) is 3.66. The van der Waals surface area contributed by atoms with E-state index in [1.54, 1.807) is 31.7 Å². The second-order valence-electron chi connectivity index (χ2n) is 4.75. The van der Waals surface area contributed by atoms with Gasteiger partial charge in [-0.25, -0.2) is 0 Å². The van der Waals surface area contributed by atoms with Gasteiger partial charge >= 0.3 is 5.97 Å². The number of amides is 1. The molecule has 1 rings (SSSR count). The number of anilines is 1. The average Bonchev–Trinajstić information content (AvgIpc) is 2.44. The molecule has 2 N–H and O–H groups in total. The maximum atomic E-state index is 12.1. The molecule has 110 valence electrons. The van der Waals surface area contributed by atoms with E-state index in [2.05, 4.69) is 5.32 Å². The fourth-order valence-corrected chi connectivity index (χ4v) is 2.55. The number of carbonyl (C=O) groups excluding carboxylic acids is 1. The van der Waals surface area contributed by atoms with Crippen molar-refractivity contribution in [3.05, 3.63) is 24.3 Å². The first-order valence-corrected chi connectivity index (χ1v) is 7.87. The van der Waals surface area contributed by atoms with Crippen molar-refractivity contribution in [2.24, 2.45) is 5.41 Å². The zero-order valence-electron chi connectivity index (χ0n) is 12.1. The molecular weight excluding hydrogens is 274 g/mol. The molecule has 0 saturated heterocycles. The van der Waals surface area contributed by atoms with Crippen LogP contribution in [-0.4, -0.2) is 23.2 Å². The predicted molar refractivity (Wildman–Crippen MR) is 82.1 cm³/mol. The lowest BCUT2D eigenvalue weighted by Gasteiger charge is -2.25. The van der Waals surface area contributed by atoms with Crippen LogP contribution in [0.4, 0.5) is 5.69 Å². The Bertz CT molecular complexity index is 484. The van der Waals surface area contributed by atoms with Crippen molar-refractivity contribution < 1.29 is 14.7 Å². The van der Waals surface area contributed by atoms with Gasteiger partial charge in [-0.15, -0.1) is 11.8 Å². The number of hydrogen-bond donors (Lipinski definition) is 2. The summed E-state index contributed by atoms with van der Waals surface area (Å²) in [5.74, 6) is -1.16. The van der Waals surface area contributed by atoms with E-state index in [0.29, 0.717) is 18.5 Å². The van der Waals surface area contributed by atoms with Crippen LogP contribution in [0.3, 0.4) is 0 Å². The number of benzene rings is 1. The fraction of sp³-hybridized carbons (Fsp3) is 0.467. The molecule has 0 unspecified atom stereocenters. The van der Waals surface area contributed by atoms with Crippen LogP contribution in [0, 0.1) is 5.41 Å². The third kappa shape index (κ3) is 4.00. The number of rotatable bonds is 7. The second-order valence-corrected chi connectivity index (χ2v) is 5.63. The quantitative estimate of drug-likeness (QED) is 0.754. The molecule has 0 spiro atoms. The fourth-order valence-electron chi connectivity index (χ4n) is 2.09. The molecule has 0 aliphatic rings. The molecule has 1 aromatic carbocycles. The summed E-state index contributed by atoms with van der Waals surface area (Å²) in [6, 6.07) is 7.51. The van der Waals surface area contributed by atoms with E-state index in [4.69, 9.17) is 0 Å². The summed E-state index contributed by atoms with van der Waals surface area (Å²) in [6.45, 7) is 3.61. The largest absolute Gasteiger partial charge is 0.481 e. The Morgan fingerprint density at radius 3 is 2.45 bits per heavy atom. The van der Waals surface area contributed by atoms with E-state index < -0.39 is 11.4 Å². The van der Waals surface area contributed by atoms with Gasteiger partial charge in [0, 0.05) is 17.0 Å². The molecule has 20 heavy (non-hydrogen) atoms.